The maximum absolute atomic E-state index is 11.3. The van der Waals surface area contributed by atoms with Crippen LogP contribution in [-0.4, -0.2) is 38.4 Å². The Balaban J connectivity index is 3.03. The van der Waals surface area contributed by atoms with Crippen molar-refractivity contribution in [3.8, 4) is 0 Å². The highest BCUT2D eigenvalue weighted by atomic mass is 16.5. The fraction of sp³-hybridized carbons (Fsp3) is 0.364. The smallest absolute Gasteiger partial charge is 0.337 e. The molecule has 0 spiro atoms. The monoisotopic (exact) mass is 224 g/mol. The van der Waals surface area contributed by atoms with E-state index in [2.05, 4.69) is 4.74 Å². The molecule has 3 N–H and O–H groups in total. The second-order valence-corrected chi connectivity index (χ2v) is 3.41. The molecule has 5 heteroatoms. The molecule has 0 amide bonds. The average Bonchev–Trinajstić information content (AvgIpc) is 2.29. The molecule has 0 atom stereocenters. The zero-order valence-electron chi connectivity index (χ0n) is 9.43. The van der Waals surface area contributed by atoms with Gasteiger partial charge in [-0.2, -0.15) is 0 Å². The zero-order chi connectivity index (χ0) is 12.1. The van der Waals surface area contributed by atoms with Gasteiger partial charge < -0.3 is 20.5 Å². The van der Waals surface area contributed by atoms with Crippen LogP contribution in [0.25, 0.3) is 0 Å². The summed E-state index contributed by atoms with van der Waals surface area (Å²) in [7, 11) is 3.12. The van der Waals surface area contributed by atoms with Crippen LogP contribution in [0, 0.1) is 0 Å². The number of methoxy groups -OCH3 is 1. The Morgan fingerprint density at radius 2 is 2.25 bits per heavy atom. The van der Waals surface area contributed by atoms with E-state index in [-0.39, 0.29) is 6.61 Å². The van der Waals surface area contributed by atoms with Gasteiger partial charge >= 0.3 is 5.97 Å². The number of aliphatic hydroxyl groups is 1. The van der Waals surface area contributed by atoms with E-state index in [1.165, 1.54) is 7.11 Å². The third kappa shape index (κ3) is 2.64. The number of nitrogens with zero attached hydrogens (tertiary/aromatic N) is 1. The topological polar surface area (TPSA) is 75.8 Å². The molecule has 1 aromatic rings. The minimum absolute atomic E-state index is 0.0262. The Labute approximate surface area is 94.4 Å². The van der Waals surface area contributed by atoms with E-state index < -0.39 is 5.97 Å². The summed E-state index contributed by atoms with van der Waals surface area (Å²) in [5.41, 5.74) is 7.49. The zero-order valence-corrected chi connectivity index (χ0v) is 9.43. The van der Waals surface area contributed by atoms with E-state index in [0.29, 0.717) is 23.5 Å². The van der Waals surface area contributed by atoms with Gasteiger partial charge in [0.2, 0.25) is 0 Å². The number of carbonyl (C=O) groups is 1. The molecule has 16 heavy (non-hydrogen) atoms. The summed E-state index contributed by atoms with van der Waals surface area (Å²) in [6.07, 6.45) is 0. The highest BCUT2D eigenvalue weighted by Gasteiger charge is 2.10. The second-order valence-electron chi connectivity index (χ2n) is 3.41. The number of ether oxygens (including phenoxy) is 1. The number of nitrogen functional groups attached to an aromatic ring is 1. The van der Waals surface area contributed by atoms with Crippen LogP contribution in [0.4, 0.5) is 11.4 Å². The normalized spacial score (nSPS) is 9.94. The molecule has 0 aliphatic rings. The summed E-state index contributed by atoms with van der Waals surface area (Å²) < 4.78 is 4.62. The molecule has 1 aromatic carbocycles. The Morgan fingerprint density at radius 3 is 2.81 bits per heavy atom. The molecular weight excluding hydrogens is 208 g/mol. The highest BCUT2D eigenvalue weighted by molar-refractivity contribution is 5.92. The van der Waals surface area contributed by atoms with Crippen molar-refractivity contribution in [2.75, 3.05) is 37.9 Å². The summed E-state index contributed by atoms with van der Waals surface area (Å²) in [5.74, 6) is -0.404. The first-order chi connectivity index (χ1) is 7.60. The Bertz CT molecular complexity index is 379. The van der Waals surface area contributed by atoms with Crippen LogP contribution >= 0.6 is 0 Å². The molecule has 0 heterocycles. The van der Waals surface area contributed by atoms with Gasteiger partial charge in [0.15, 0.2) is 0 Å². The SMILES string of the molecule is COC(=O)c1ccc(N)c(N(C)CCO)c1. The number of aliphatic hydroxyl groups excluding tert-OH is 1. The van der Waals surface area contributed by atoms with E-state index in [1.54, 1.807) is 30.1 Å². The van der Waals surface area contributed by atoms with Crippen molar-refractivity contribution < 1.29 is 14.6 Å². The number of rotatable bonds is 4. The van der Waals surface area contributed by atoms with E-state index in [4.69, 9.17) is 10.8 Å². The number of carbonyl (C=O) groups excluding carboxylic acids is 1. The molecule has 1 rings (SSSR count). The summed E-state index contributed by atoms with van der Waals surface area (Å²) in [4.78, 5) is 13.1. The van der Waals surface area contributed by atoms with Gasteiger partial charge in [-0.15, -0.1) is 0 Å². The molecule has 0 aromatic heterocycles. The lowest BCUT2D eigenvalue weighted by Crippen LogP contribution is -2.22. The summed E-state index contributed by atoms with van der Waals surface area (Å²) in [5, 5.41) is 8.84. The van der Waals surface area contributed by atoms with Crippen LogP contribution in [0.3, 0.4) is 0 Å². The van der Waals surface area contributed by atoms with Crippen LogP contribution in [0.15, 0.2) is 18.2 Å². The standard InChI is InChI=1S/C11H16N2O3/c1-13(5-6-14)10-7-8(11(15)16-2)3-4-9(10)12/h3-4,7,14H,5-6,12H2,1-2H3. The molecule has 0 radical (unpaired) electrons. The van der Waals surface area contributed by atoms with E-state index in [9.17, 15) is 4.79 Å². The minimum atomic E-state index is -0.404. The number of esters is 1. The van der Waals surface area contributed by atoms with Crippen molar-refractivity contribution in [3.05, 3.63) is 23.8 Å². The molecule has 0 saturated carbocycles. The molecule has 5 nitrogen and oxygen atoms in total. The van der Waals surface area contributed by atoms with Gasteiger partial charge in [-0.05, 0) is 18.2 Å². The summed E-state index contributed by atoms with van der Waals surface area (Å²) in [6.45, 7) is 0.479. The van der Waals surface area contributed by atoms with Gasteiger partial charge in [-0.1, -0.05) is 0 Å². The summed E-state index contributed by atoms with van der Waals surface area (Å²) in [6, 6.07) is 4.91. The molecule has 0 unspecified atom stereocenters. The van der Waals surface area contributed by atoms with E-state index in [1.807, 2.05) is 0 Å². The van der Waals surface area contributed by atoms with Gasteiger partial charge in [0.1, 0.15) is 0 Å². The lowest BCUT2D eigenvalue weighted by Gasteiger charge is -2.20. The number of benzene rings is 1. The van der Waals surface area contributed by atoms with Gasteiger partial charge in [-0.25, -0.2) is 4.79 Å². The molecule has 0 fully saturated rings. The van der Waals surface area contributed by atoms with E-state index >= 15 is 0 Å². The molecule has 0 aliphatic heterocycles. The third-order valence-electron chi connectivity index (χ3n) is 2.30. The Morgan fingerprint density at radius 1 is 1.56 bits per heavy atom. The van der Waals surface area contributed by atoms with Crippen molar-refractivity contribution >= 4 is 17.3 Å². The maximum Gasteiger partial charge on any atom is 0.337 e. The second kappa shape index (κ2) is 5.37. The van der Waals surface area contributed by atoms with Crippen molar-refractivity contribution in [2.24, 2.45) is 0 Å². The lowest BCUT2D eigenvalue weighted by atomic mass is 10.1. The van der Waals surface area contributed by atoms with Gasteiger partial charge in [0.25, 0.3) is 0 Å². The first-order valence-electron chi connectivity index (χ1n) is 4.90. The number of hydrogen-bond donors (Lipinski definition) is 2. The average molecular weight is 224 g/mol. The molecule has 0 bridgehead atoms. The van der Waals surface area contributed by atoms with Crippen LogP contribution in [0.1, 0.15) is 10.4 Å². The number of anilines is 2. The predicted octanol–water partition coefficient (Wildman–Crippen LogP) is 0.484. The fourth-order valence-electron chi connectivity index (χ4n) is 1.39. The molecule has 88 valence electrons. The lowest BCUT2D eigenvalue weighted by molar-refractivity contribution is 0.0601. The van der Waals surface area contributed by atoms with Crippen molar-refractivity contribution in [1.82, 2.24) is 0 Å². The van der Waals surface area contributed by atoms with Gasteiger partial charge in [-0.3, -0.25) is 0 Å². The van der Waals surface area contributed by atoms with Gasteiger partial charge in [0, 0.05) is 13.6 Å². The number of likely N-dealkylation sites (N-methyl/N-ethyl adjacent to an activating group) is 1. The largest absolute Gasteiger partial charge is 0.465 e. The molecule has 0 aliphatic carbocycles. The maximum atomic E-state index is 11.3. The fourth-order valence-corrected chi connectivity index (χ4v) is 1.39. The van der Waals surface area contributed by atoms with Crippen molar-refractivity contribution in [2.45, 2.75) is 0 Å². The number of hydrogen-bond acceptors (Lipinski definition) is 5. The first kappa shape index (κ1) is 12.3. The van der Waals surface area contributed by atoms with Crippen LogP contribution < -0.4 is 10.6 Å². The summed E-state index contributed by atoms with van der Waals surface area (Å²) >= 11 is 0. The van der Waals surface area contributed by atoms with E-state index in [0.717, 1.165) is 0 Å². The predicted molar refractivity (Wildman–Crippen MR) is 62.5 cm³/mol. The first-order valence-corrected chi connectivity index (χ1v) is 4.90. The van der Waals surface area contributed by atoms with Crippen LogP contribution in [-0.2, 0) is 4.74 Å². The third-order valence-corrected chi connectivity index (χ3v) is 2.30. The number of nitrogens with two attached hydrogens (primary N) is 1. The minimum Gasteiger partial charge on any atom is -0.465 e. The van der Waals surface area contributed by atoms with Crippen molar-refractivity contribution in [1.29, 1.82) is 0 Å². The quantitative estimate of drug-likeness (QED) is 0.575. The highest BCUT2D eigenvalue weighted by Crippen LogP contribution is 2.23. The van der Waals surface area contributed by atoms with Crippen molar-refractivity contribution in [3.63, 3.8) is 0 Å². The molecular formula is C11H16N2O3. The van der Waals surface area contributed by atoms with Gasteiger partial charge in [0.05, 0.1) is 30.7 Å². The molecule has 0 saturated heterocycles. The van der Waals surface area contributed by atoms with Crippen LogP contribution in [0.2, 0.25) is 0 Å². The van der Waals surface area contributed by atoms with Crippen LogP contribution in [0.5, 0.6) is 0 Å². The Kier molecular flexibility index (Phi) is 4.13. The Hall–Kier alpha value is -1.75.